The monoisotopic (exact) mass is 264 g/mol. The number of amides is 1. The topological polar surface area (TPSA) is 23.6 Å². The van der Waals surface area contributed by atoms with Gasteiger partial charge in [-0.2, -0.15) is 0 Å². The van der Waals surface area contributed by atoms with Crippen molar-refractivity contribution >= 4 is 5.91 Å². The normalized spacial score (nSPS) is 34.4. The summed E-state index contributed by atoms with van der Waals surface area (Å²) in [6.45, 7) is 4.15. The molecule has 0 N–H and O–H groups in total. The quantitative estimate of drug-likeness (QED) is 0.765. The number of hydrogen-bond donors (Lipinski definition) is 0. The van der Waals surface area contributed by atoms with Crippen LogP contribution < -0.4 is 0 Å². The highest BCUT2D eigenvalue weighted by molar-refractivity contribution is 5.84. The maximum absolute atomic E-state index is 12.9. The number of piperidine rings is 1. The average molecular weight is 264 g/mol. The fraction of sp³-hybridized carbons (Fsp3) is 0.938. The summed E-state index contributed by atoms with van der Waals surface area (Å²) < 4.78 is 0. The van der Waals surface area contributed by atoms with Gasteiger partial charge in [0.15, 0.2) is 0 Å². The van der Waals surface area contributed by atoms with Crippen LogP contribution in [0, 0.1) is 11.3 Å². The van der Waals surface area contributed by atoms with Gasteiger partial charge >= 0.3 is 0 Å². The number of carbonyl (C=O) groups excluding carboxylic acids is 1. The summed E-state index contributed by atoms with van der Waals surface area (Å²) in [6.07, 6.45) is 10.3. The molecule has 1 amide bonds. The van der Waals surface area contributed by atoms with Gasteiger partial charge in [-0.3, -0.25) is 4.79 Å². The number of carbonyl (C=O) groups is 1. The first-order valence-electron chi connectivity index (χ1n) is 8.18. The van der Waals surface area contributed by atoms with Crippen LogP contribution in [0.15, 0.2) is 0 Å². The molecular formula is C16H28N2O. The van der Waals surface area contributed by atoms with Gasteiger partial charge in [-0.15, -0.1) is 0 Å². The Hall–Kier alpha value is -0.570. The van der Waals surface area contributed by atoms with Crippen molar-refractivity contribution < 1.29 is 4.79 Å². The van der Waals surface area contributed by atoms with Crippen molar-refractivity contribution in [3.05, 3.63) is 0 Å². The van der Waals surface area contributed by atoms with Gasteiger partial charge in [-0.25, -0.2) is 0 Å². The van der Waals surface area contributed by atoms with E-state index in [4.69, 9.17) is 0 Å². The summed E-state index contributed by atoms with van der Waals surface area (Å²) in [5, 5.41) is 0. The first-order valence-corrected chi connectivity index (χ1v) is 8.18. The summed E-state index contributed by atoms with van der Waals surface area (Å²) >= 11 is 0. The van der Waals surface area contributed by atoms with Crippen LogP contribution in [0.5, 0.6) is 0 Å². The lowest BCUT2D eigenvalue weighted by atomic mass is 9.77. The van der Waals surface area contributed by atoms with E-state index in [0.29, 0.717) is 5.91 Å². The highest BCUT2D eigenvalue weighted by Gasteiger charge is 2.47. The number of hydrogen-bond acceptors (Lipinski definition) is 2. The van der Waals surface area contributed by atoms with E-state index < -0.39 is 0 Å². The highest BCUT2D eigenvalue weighted by atomic mass is 16.2. The standard InChI is InChI=1S/C16H28N2O/c1-17-11-9-16(13-17)8-5-10-18(15(16)19)12-14-6-3-2-4-7-14/h14H,2-13H2,1H3. The number of rotatable bonds is 2. The zero-order valence-corrected chi connectivity index (χ0v) is 12.4. The fourth-order valence-corrected chi connectivity index (χ4v) is 4.47. The van der Waals surface area contributed by atoms with Gasteiger partial charge in [0.1, 0.15) is 0 Å². The van der Waals surface area contributed by atoms with Crippen molar-refractivity contribution in [1.29, 1.82) is 0 Å². The lowest BCUT2D eigenvalue weighted by Crippen LogP contribution is -2.51. The Bertz CT molecular complexity index is 334. The molecule has 19 heavy (non-hydrogen) atoms. The molecule has 2 saturated heterocycles. The van der Waals surface area contributed by atoms with Crippen LogP contribution >= 0.6 is 0 Å². The van der Waals surface area contributed by atoms with E-state index in [1.807, 2.05) is 0 Å². The third-order valence-corrected chi connectivity index (χ3v) is 5.57. The Morgan fingerprint density at radius 2 is 1.89 bits per heavy atom. The molecule has 3 nitrogen and oxygen atoms in total. The summed E-state index contributed by atoms with van der Waals surface area (Å²) in [6, 6.07) is 0. The lowest BCUT2D eigenvalue weighted by Gasteiger charge is -2.41. The molecule has 1 unspecified atom stereocenters. The second-order valence-electron chi connectivity index (χ2n) is 7.13. The van der Waals surface area contributed by atoms with Gasteiger partial charge in [0.2, 0.25) is 5.91 Å². The first kappa shape index (κ1) is 13.4. The second kappa shape index (κ2) is 5.43. The summed E-state index contributed by atoms with van der Waals surface area (Å²) in [5.74, 6) is 1.26. The molecule has 2 heterocycles. The van der Waals surface area contributed by atoms with E-state index in [-0.39, 0.29) is 5.41 Å². The van der Waals surface area contributed by atoms with E-state index in [1.54, 1.807) is 0 Å². The molecule has 1 aliphatic carbocycles. The average Bonchev–Trinajstić information content (AvgIpc) is 2.79. The Balaban J connectivity index is 1.64. The second-order valence-corrected chi connectivity index (χ2v) is 7.13. The highest BCUT2D eigenvalue weighted by Crippen LogP contribution is 2.40. The van der Waals surface area contributed by atoms with Gasteiger partial charge in [-0.1, -0.05) is 19.3 Å². The Kier molecular flexibility index (Phi) is 3.84. The molecule has 3 rings (SSSR count). The molecule has 0 bridgehead atoms. The SMILES string of the molecule is CN1CCC2(CCCN(CC3CCCCC3)C2=O)C1. The van der Waals surface area contributed by atoms with Gasteiger partial charge in [0, 0.05) is 19.6 Å². The van der Waals surface area contributed by atoms with Crippen molar-refractivity contribution in [3.63, 3.8) is 0 Å². The van der Waals surface area contributed by atoms with Crippen LogP contribution in [0.4, 0.5) is 0 Å². The molecule has 1 atom stereocenters. The third-order valence-electron chi connectivity index (χ3n) is 5.57. The molecule has 1 spiro atoms. The van der Waals surface area contributed by atoms with Crippen LogP contribution in [0.2, 0.25) is 0 Å². The minimum atomic E-state index is -0.0122. The predicted octanol–water partition coefficient (Wildman–Crippen LogP) is 2.51. The molecule has 2 aliphatic heterocycles. The van der Waals surface area contributed by atoms with Crippen molar-refractivity contribution in [2.45, 2.75) is 51.4 Å². The first-order chi connectivity index (χ1) is 9.20. The zero-order chi connectivity index (χ0) is 13.3. The van der Waals surface area contributed by atoms with Crippen LogP contribution in [0.25, 0.3) is 0 Å². The Morgan fingerprint density at radius 1 is 1.11 bits per heavy atom. The van der Waals surface area contributed by atoms with Crippen molar-refractivity contribution in [2.24, 2.45) is 11.3 Å². The van der Waals surface area contributed by atoms with E-state index >= 15 is 0 Å². The van der Waals surface area contributed by atoms with Crippen LogP contribution in [0.1, 0.15) is 51.4 Å². The molecular weight excluding hydrogens is 236 g/mol. The van der Waals surface area contributed by atoms with E-state index in [1.165, 1.54) is 38.5 Å². The fourth-order valence-electron chi connectivity index (χ4n) is 4.47. The molecule has 0 aromatic carbocycles. The molecule has 1 saturated carbocycles. The smallest absolute Gasteiger partial charge is 0.230 e. The van der Waals surface area contributed by atoms with Crippen molar-refractivity contribution in [3.8, 4) is 0 Å². The Morgan fingerprint density at radius 3 is 2.58 bits per heavy atom. The molecule has 0 radical (unpaired) electrons. The molecule has 3 heteroatoms. The van der Waals surface area contributed by atoms with Gasteiger partial charge < -0.3 is 9.80 Å². The minimum Gasteiger partial charge on any atom is -0.342 e. The van der Waals surface area contributed by atoms with Crippen LogP contribution in [-0.2, 0) is 4.79 Å². The largest absolute Gasteiger partial charge is 0.342 e. The van der Waals surface area contributed by atoms with Crippen molar-refractivity contribution in [1.82, 2.24) is 9.80 Å². The maximum Gasteiger partial charge on any atom is 0.230 e. The minimum absolute atomic E-state index is 0.0122. The van der Waals surface area contributed by atoms with E-state index in [9.17, 15) is 4.79 Å². The molecule has 0 aromatic rings. The van der Waals surface area contributed by atoms with Gasteiger partial charge in [-0.05, 0) is 51.6 Å². The summed E-state index contributed by atoms with van der Waals surface area (Å²) in [5.41, 5.74) is -0.0122. The Labute approximate surface area is 117 Å². The van der Waals surface area contributed by atoms with Gasteiger partial charge in [0.25, 0.3) is 0 Å². The molecule has 3 aliphatic rings. The number of nitrogens with zero attached hydrogens (tertiary/aromatic N) is 2. The van der Waals surface area contributed by atoms with Crippen LogP contribution in [0.3, 0.4) is 0 Å². The van der Waals surface area contributed by atoms with Crippen molar-refractivity contribution in [2.75, 3.05) is 33.2 Å². The molecule has 0 aromatic heterocycles. The van der Waals surface area contributed by atoms with Gasteiger partial charge in [0.05, 0.1) is 5.41 Å². The van der Waals surface area contributed by atoms with Crippen LogP contribution in [-0.4, -0.2) is 48.9 Å². The summed E-state index contributed by atoms with van der Waals surface area (Å²) in [4.78, 5) is 17.4. The molecule has 108 valence electrons. The van der Waals surface area contributed by atoms with E-state index in [0.717, 1.165) is 44.9 Å². The lowest BCUT2D eigenvalue weighted by molar-refractivity contribution is -0.146. The third kappa shape index (κ3) is 2.67. The molecule has 3 fully saturated rings. The number of likely N-dealkylation sites (tertiary alicyclic amines) is 2. The summed E-state index contributed by atoms with van der Waals surface area (Å²) in [7, 11) is 2.15. The zero-order valence-electron chi connectivity index (χ0n) is 12.4. The predicted molar refractivity (Wildman–Crippen MR) is 76.9 cm³/mol. The maximum atomic E-state index is 12.9. The van der Waals surface area contributed by atoms with E-state index in [2.05, 4.69) is 16.8 Å².